The third kappa shape index (κ3) is 33.3. The van der Waals surface area contributed by atoms with Crippen molar-refractivity contribution in [3.8, 4) is 0 Å². The minimum atomic E-state index is -4.30. The summed E-state index contributed by atoms with van der Waals surface area (Å²) < 4.78 is 23.4. The summed E-state index contributed by atoms with van der Waals surface area (Å²) >= 11 is 0. The van der Waals surface area contributed by atoms with Gasteiger partial charge < -0.3 is 19.8 Å². The second kappa shape index (κ2) is 31.0. The van der Waals surface area contributed by atoms with E-state index in [0.29, 0.717) is 23.9 Å². The molecule has 0 saturated carbocycles. The average Bonchev–Trinajstić information content (AvgIpc) is 3.01. The number of hydrogen-bond acceptors (Lipinski definition) is 5. The van der Waals surface area contributed by atoms with Crippen LogP contribution in [0, 0.1) is 0 Å². The Morgan fingerprint density at radius 3 is 1.79 bits per heavy atom. The first-order valence-electron chi connectivity index (χ1n) is 19.2. The van der Waals surface area contributed by atoms with Gasteiger partial charge in [-0.05, 0) is 44.9 Å². The van der Waals surface area contributed by atoms with Gasteiger partial charge in [-0.3, -0.25) is 13.8 Å². The molecular weight excluding hydrogens is 611 g/mol. The van der Waals surface area contributed by atoms with Gasteiger partial charge in [0.25, 0.3) is 0 Å². The lowest BCUT2D eigenvalue weighted by atomic mass is 10.0. The highest BCUT2D eigenvalue weighted by Gasteiger charge is 2.28. The molecule has 0 aromatic heterocycles. The van der Waals surface area contributed by atoms with E-state index in [1.54, 1.807) is 0 Å². The van der Waals surface area contributed by atoms with E-state index in [1.165, 1.54) is 83.5 Å². The van der Waals surface area contributed by atoms with E-state index in [1.807, 2.05) is 21.1 Å². The number of allylic oxidation sites excluding steroid dienone is 4. The van der Waals surface area contributed by atoms with E-state index >= 15 is 0 Å². The number of likely N-dealkylation sites (N-methyl/N-ethyl adjacent to an activating group) is 1. The summed E-state index contributed by atoms with van der Waals surface area (Å²) in [5.74, 6) is -0.158. The van der Waals surface area contributed by atoms with Crippen molar-refractivity contribution in [3.63, 3.8) is 0 Å². The van der Waals surface area contributed by atoms with Crippen molar-refractivity contribution in [1.82, 2.24) is 5.32 Å². The zero-order chi connectivity index (χ0) is 35.1. The molecule has 9 heteroatoms. The van der Waals surface area contributed by atoms with Gasteiger partial charge in [0.05, 0.1) is 39.9 Å². The maximum Gasteiger partial charge on any atom is 0.472 e. The Kier molecular flexibility index (Phi) is 30.3. The molecule has 0 fully saturated rings. The maximum absolute atomic E-state index is 12.8. The molecule has 3 atom stereocenters. The van der Waals surface area contributed by atoms with E-state index in [2.05, 4.69) is 43.5 Å². The third-order valence-corrected chi connectivity index (χ3v) is 9.44. The molecule has 3 N–H and O–H groups in total. The van der Waals surface area contributed by atoms with Gasteiger partial charge in [-0.2, -0.15) is 0 Å². The Morgan fingerprint density at radius 2 is 1.21 bits per heavy atom. The highest BCUT2D eigenvalue weighted by atomic mass is 31.2. The zero-order valence-corrected chi connectivity index (χ0v) is 32.2. The fourth-order valence-corrected chi connectivity index (χ4v) is 6.04. The second-order valence-electron chi connectivity index (χ2n) is 14.3. The molecule has 0 rings (SSSR count). The van der Waals surface area contributed by atoms with Crippen molar-refractivity contribution in [2.75, 3.05) is 40.9 Å². The number of aliphatic hydroxyl groups excluding tert-OH is 1. The number of quaternary nitrogens is 1. The lowest BCUT2D eigenvalue weighted by Gasteiger charge is -2.26. The molecule has 0 radical (unpaired) electrons. The summed E-state index contributed by atoms with van der Waals surface area (Å²) in [5, 5.41) is 13.8. The standard InChI is InChI=1S/C38H75N2O6P/c1-6-8-10-12-14-16-17-18-19-20-21-22-23-24-26-28-30-32-38(42)39-36(35-46-47(43,44)45-34-33-40(3,4)5)37(41)31-29-27-25-15-13-11-9-7-2/h14,16,18-19,36-37,41H,6-13,15,17,20-35H2,1-5H3,(H-,39,42,43,44)/p+1/b16-14-,19-18-. The van der Waals surface area contributed by atoms with Crippen LogP contribution < -0.4 is 5.32 Å². The minimum absolute atomic E-state index is 0.0727. The second-order valence-corrected chi connectivity index (χ2v) is 15.8. The number of phosphoric ester groups is 1. The van der Waals surface area contributed by atoms with Gasteiger partial charge in [-0.15, -0.1) is 0 Å². The Hall–Kier alpha value is -1.02. The van der Waals surface area contributed by atoms with Crippen LogP contribution in [0.5, 0.6) is 0 Å². The van der Waals surface area contributed by atoms with Gasteiger partial charge in [-0.1, -0.05) is 134 Å². The highest BCUT2D eigenvalue weighted by Crippen LogP contribution is 2.43. The summed E-state index contributed by atoms with van der Waals surface area (Å²) in [5.41, 5.74) is 0. The molecule has 0 aliphatic heterocycles. The molecule has 3 unspecified atom stereocenters. The van der Waals surface area contributed by atoms with Crippen LogP contribution in [-0.4, -0.2) is 73.4 Å². The summed E-state index contributed by atoms with van der Waals surface area (Å²) in [6.45, 7) is 4.80. The smallest absolute Gasteiger partial charge is 0.391 e. The number of unbranched alkanes of at least 4 members (excludes halogenated alkanes) is 17. The van der Waals surface area contributed by atoms with Gasteiger partial charge in [0, 0.05) is 6.42 Å². The fourth-order valence-electron chi connectivity index (χ4n) is 5.31. The Balaban J connectivity index is 4.37. The maximum atomic E-state index is 12.8. The molecule has 1 amide bonds. The third-order valence-electron chi connectivity index (χ3n) is 8.45. The van der Waals surface area contributed by atoms with E-state index < -0.39 is 20.0 Å². The van der Waals surface area contributed by atoms with Crippen molar-refractivity contribution in [2.45, 2.75) is 174 Å². The van der Waals surface area contributed by atoms with Crippen LogP contribution in [-0.2, 0) is 18.4 Å². The van der Waals surface area contributed by atoms with Crippen LogP contribution >= 0.6 is 7.82 Å². The first-order chi connectivity index (χ1) is 22.5. The summed E-state index contributed by atoms with van der Waals surface area (Å²) in [4.78, 5) is 23.0. The van der Waals surface area contributed by atoms with Gasteiger partial charge in [0.15, 0.2) is 0 Å². The van der Waals surface area contributed by atoms with E-state index in [-0.39, 0.29) is 19.1 Å². The number of nitrogens with zero attached hydrogens (tertiary/aromatic N) is 1. The monoisotopic (exact) mass is 688 g/mol. The van der Waals surface area contributed by atoms with Gasteiger partial charge in [0.1, 0.15) is 13.2 Å². The van der Waals surface area contributed by atoms with Crippen molar-refractivity contribution < 1.29 is 32.9 Å². The Morgan fingerprint density at radius 1 is 0.723 bits per heavy atom. The molecular formula is C38H76N2O6P+. The molecule has 0 aliphatic rings. The molecule has 0 bridgehead atoms. The van der Waals surface area contributed by atoms with Gasteiger partial charge >= 0.3 is 7.82 Å². The molecule has 47 heavy (non-hydrogen) atoms. The quantitative estimate of drug-likeness (QED) is 0.0269. The Bertz CT molecular complexity index is 829. The van der Waals surface area contributed by atoms with Crippen LogP contribution in [0.2, 0.25) is 0 Å². The zero-order valence-electron chi connectivity index (χ0n) is 31.3. The van der Waals surface area contributed by atoms with E-state index in [9.17, 15) is 19.4 Å². The van der Waals surface area contributed by atoms with Crippen molar-refractivity contribution in [1.29, 1.82) is 0 Å². The van der Waals surface area contributed by atoms with Crippen molar-refractivity contribution >= 4 is 13.7 Å². The molecule has 8 nitrogen and oxygen atoms in total. The van der Waals surface area contributed by atoms with Crippen LogP contribution in [0.1, 0.15) is 162 Å². The summed E-state index contributed by atoms with van der Waals surface area (Å²) in [6, 6.07) is -0.759. The number of carbonyl (C=O) groups excluding carboxylic acids is 1. The Labute approximate surface area is 290 Å². The van der Waals surface area contributed by atoms with E-state index in [4.69, 9.17) is 9.05 Å². The predicted octanol–water partition coefficient (Wildman–Crippen LogP) is 9.80. The largest absolute Gasteiger partial charge is 0.472 e. The SMILES string of the molecule is CCCCC/C=C\C/C=C\CCCCCCCCCC(=O)NC(COP(=O)(O)OCC[N+](C)(C)C)C(O)CCCCCCCCCC. The number of amides is 1. The summed E-state index contributed by atoms with van der Waals surface area (Å²) in [6.07, 6.45) is 33.5. The number of hydrogen-bond donors (Lipinski definition) is 3. The molecule has 0 aromatic rings. The average molecular weight is 688 g/mol. The van der Waals surface area contributed by atoms with Crippen LogP contribution in [0.3, 0.4) is 0 Å². The van der Waals surface area contributed by atoms with Crippen molar-refractivity contribution in [3.05, 3.63) is 24.3 Å². The highest BCUT2D eigenvalue weighted by molar-refractivity contribution is 7.47. The topological polar surface area (TPSA) is 105 Å². The number of nitrogens with one attached hydrogen (secondary N) is 1. The molecule has 0 aromatic carbocycles. The molecule has 0 heterocycles. The van der Waals surface area contributed by atoms with Crippen LogP contribution in [0.4, 0.5) is 0 Å². The molecule has 0 aliphatic carbocycles. The fraction of sp³-hybridized carbons (Fsp3) is 0.868. The lowest BCUT2D eigenvalue weighted by molar-refractivity contribution is -0.870. The van der Waals surface area contributed by atoms with E-state index in [0.717, 1.165) is 51.4 Å². The molecule has 0 saturated heterocycles. The van der Waals surface area contributed by atoms with Crippen molar-refractivity contribution in [2.24, 2.45) is 0 Å². The first kappa shape index (κ1) is 46.0. The lowest BCUT2D eigenvalue weighted by Crippen LogP contribution is -2.46. The number of carbonyl (C=O) groups is 1. The number of aliphatic hydroxyl groups is 1. The van der Waals surface area contributed by atoms with Crippen LogP contribution in [0.25, 0.3) is 0 Å². The first-order valence-corrected chi connectivity index (χ1v) is 20.7. The van der Waals surface area contributed by atoms with Gasteiger partial charge in [-0.25, -0.2) is 4.57 Å². The number of phosphoric acid groups is 1. The van der Waals surface area contributed by atoms with Gasteiger partial charge in [0.2, 0.25) is 5.91 Å². The minimum Gasteiger partial charge on any atom is -0.391 e. The predicted molar refractivity (Wildman–Crippen MR) is 198 cm³/mol. The molecule has 0 spiro atoms. The summed E-state index contributed by atoms with van der Waals surface area (Å²) in [7, 11) is 1.60. The van der Waals surface area contributed by atoms with Crippen LogP contribution in [0.15, 0.2) is 24.3 Å². The molecule has 278 valence electrons. The normalized spacial score (nSPS) is 15.0. The number of rotatable bonds is 34.